The van der Waals surface area contributed by atoms with Gasteiger partial charge in [0.15, 0.2) is 0 Å². The van der Waals surface area contributed by atoms with Crippen LogP contribution in [-0.4, -0.2) is 77.8 Å². The Balaban J connectivity index is 5.52. The number of halogens is 22. The molecule has 0 unspecified atom stereocenters. The first-order valence-corrected chi connectivity index (χ1v) is 10.7. The van der Waals surface area contributed by atoms with Gasteiger partial charge in [-0.25, -0.2) is 4.57 Å². The molecule has 0 rings (SSSR count). The molecule has 0 bridgehead atoms. The second-order valence-corrected chi connectivity index (χ2v) is 8.94. The lowest BCUT2D eigenvalue weighted by molar-refractivity contribution is -0.422. The predicted octanol–water partition coefficient (Wildman–Crippen LogP) is 8.11. The third-order valence-electron chi connectivity index (χ3n) is 4.55. The lowest BCUT2D eigenvalue weighted by Crippen LogP contribution is -2.66. The summed E-state index contributed by atoms with van der Waals surface area (Å²) in [6, 6.07) is 0. The lowest BCUT2D eigenvalue weighted by atomic mass is 9.96. The molecule has 0 spiro atoms. The molecule has 0 heterocycles. The maximum atomic E-state index is 13.4. The average Bonchev–Trinajstić information content (AvgIpc) is 2.70. The van der Waals surface area contributed by atoms with Crippen LogP contribution in [0.5, 0.6) is 0 Å². The van der Waals surface area contributed by atoms with E-state index in [0.717, 1.165) is 0 Å². The quantitative estimate of drug-likeness (QED) is 0.148. The van der Waals surface area contributed by atoms with Gasteiger partial charge >= 0.3 is 67.6 Å². The molecule has 0 aliphatic rings. The average molecular weight is 690 g/mol. The fourth-order valence-corrected chi connectivity index (χ4v) is 2.86. The largest absolute Gasteiger partial charge is 0.472 e. The fourth-order valence-electron chi connectivity index (χ4n) is 2.14. The first-order valence-electron chi connectivity index (χ1n) is 9.19. The van der Waals surface area contributed by atoms with Crippen molar-refractivity contribution in [2.75, 3.05) is 13.2 Å². The number of phosphoric ester groups is 1. The van der Waals surface area contributed by atoms with Crippen molar-refractivity contribution in [2.45, 2.75) is 72.6 Å². The summed E-state index contributed by atoms with van der Waals surface area (Å²) in [6.07, 6.45) is -21.4. The summed E-state index contributed by atoms with van der Waals surface area (Å²) in [4.78, 5) is 8.92. The van der Waals surface area contributed by atoms with Crippen LogP contribution in [0.1, 0.15) is 12.8 Å². The number of alkyl halides is 22. The summed E-state index contributed by atoms with van der Waals surface area (Å²) in [7, 11) is -6.36. The van der Waals surface area contributed by atoms with Crippen molar-refractivity contribution in [3.05, 3.63) is 0 Å². The summed E-state index contributed by atoms with van der Waals surface area (Å²) < 4.78 is 299. The van der Waals surface area contributed by atoms with Crippen LogP contribution in [0.25, 0.3) is 0 Å². The first kappa shape index (κ1) is 39.6. The molecule has 0 saturated heterocycles. The summed E-state index contributed by atoms with van der Waals surface area (Å²) in [5.41, 5.74) is 0. The summed E-state index contributed by atoms with van der Waals surface area (Å²) in [5, 5.41) is 0. The van der Waals surface area contributed by atoms with Gasteiger partial charge < -0.3 is 4.89 Å². The molecule has 4 nitrogen and oxygen atoms in total. The van der Waals surface area contributed by atoms with Crippen LogP contribution in [0.3, 0.4) is 0 Å². The number of rotatable bonds is 14. The molecule has 0 aromatic heterocycles. The minimum absolute atomic E-state index is 2.59. The van der Waals surface area contributed by atoms with E-state index in [1.807, 2.05) is 0 Å². The van der Waals surface area contributed by atoms with Crippen molar-refractivity contribution in [3.63, 3.8) is 0 Å². The summed E-state index contributed by atoms with van der Waals surface area (Å²) in [6.45, 7) is -5.18. The van der Waals surface area contributed by atoms with Gasteiger partial charge in [0.05, 0.1) is 13.2 Å². The second kappa shape index (κ2) is 10.9. The highest BCUT2D eigenvalue weighted by Gasteiger charge is 2.88. The highest BCUT2D eigenvalue weighted by atomic mass is 31.2. The van der Waals surface area contributed by atoms with Gasteiger partial charge in [0.1, 0.15) is 0 Å². The van der Waals surface area contributed by atoms with E-state index in [1.54, 1.807) is 0 Å². The molecule has 0 atom stereocenters. The van der Waals surface area contributed by atoms with Gasteiger partial charge in [-0.05, 0) is 0 Å². The van der Waals surface area contributed by atoms with E-state index < -0.39 is 93.6 Å². The molecular weight excluding hydrogens is 681 g/mol. The molecule has 1 N–H and O–H groups in total. The van der Waals surface area contributed by atoms with E-state index >= 15 is 0 Å². The highest BCUT2D eigenvalue weighted by molar-refractivity contribution is 7.47. The van der Waals surface area contributed by atoms with Crippen LogP contribution < -0.4 is 0 Å². The minimum Gasteiger partial charge on any atom is -0.302 e. The van der Waals surface area contributed by atoms with E-state index in [-0.39, 0.29) is 0 Å². The van der Waals surface area contributed by atoms with Crippen LogP contribution in [0.15, 0.2) is 0 Å². The smallest absolute Gasteiger partial charge is 0.302 e. The van der Waals surface area contributed by atoms with Gasteiger partial charge in [-0.1, -0.05) is 0 Å². The highest BCUT2D eigenvalue weighted by Crippen LogP contribution is 2.60. The summed E-state index contributed by atoms with van der Waals surface area (Å²) in [5.74, 6) is -60.0. The molecular formula is C14H9F22O4P. The number of phosphoric acid groups is 1. The van der Waals surface area contributed by atoms with Crippen molar-refractivity contribution in [2.24, 2.45) is 0 Å². The molecule has 0 saturated carbocycles. The predicted molar refractivity (Wildman–Crippen MR) is 82.6 cm³/mol. The zero-order valence-electron chi connectivity index (χ0n) is 18.3. The van der Waals surface area contributed by atoms with Crippen molar-refractivity contribution < 1.29 is 115 Å². The summed E-state index contributed by atoms with van der Waals surface area (Å²) >= 11 is 0. The molecule has 248 valence electrons. The van der Waals surface area contributed by atoms with Gasteiger partial charge in [-0.3, -0.25) is 9.05 Å². The zero-order valence-corrected chi connectivity index (χ0v) is 19.2. The van der Waals surface area contributed by atoms with Crippen molar-refractivity contribution in [1.29, 1.82) is 0 Å². The third kappa shape index (κ3) is 6.88. The second-order valence-electron chi connectivity index (χ2n) is 7.49. The van der Waals surface area contributed by atoms with Gasteiger partial charge in [0.2, 0.25) is 0 Å². The Labute approximate surface area is 210 Å². The lowest BCUT2D eigenvalue weighted by Gasteiger charge is -2.37. The fraction of sp³-hybridized carbons (Fsp3) is 1.00. The maximum Gasteiger partial charge on any atom is 0.472 e. The molecule has 0 radical (unpaired) electrons. The molecule has 0 aromatic rings. The van der Waals surface area contributed by atoms with Gasteiger partial charge in [0.25, 0.3) is 0 Å². The Kier molecular flexibility index (Phi) is 10.6. The van der Waals surface area contributed by atoms with Crippen LogP contribution in [-0.2, 0) is 13.6 Å². The normalized spacial score (nSPS) is 16.4. The van der Waals surface area contributed by atoms with E-state index in [1.165, 1.54) is 0 Å². The van der Waals surface area contributed by atoms with Crippen LogP contribution in [0.2, 0.25) is 0 Å². The minimum atomic E-state index is -7.90. The molecule has 0 fully saturated rings. The number of hydrogen-bond donors (Lipinski definition) is 1. The maximum absolute atomic E-state index is 13.4. The SMILES string of the molecule is O=P(O)(OCCC(F)(F)C(F)(F)C(F)(F)C(F)(F)C(F)(F)F)OCCC(F)(F)C(F)(F)C(F)(F)C(F)(F)C(F)(F)F. The van der Waals surface area contributed by atoms with E-state index in [9.17, 15) is 101 Å². The van der Waals surface area contributed by atoms with Crippen molar-refractivity contribution in [1.82, 2.24) is 0 Å². The van der Waals surface area contributed by atoms with Crippen molar-refractivity contribution in [3.8, 4) is 0 Å². The van der Waals surface area contributed by atoms with Crippen LogP contribution >= 0.6 is 7.82 Å². The van der Waals surface area contributed by atoms with Crippen molar-refractivity contribution >= 4 is 7.82 Å². The Morgan fingerprint density at radius 1 is 0.415 bits per heavy atom. The van der Waals surface area contributed by atoms with Gasteiger partial charge in [0, 0.05) is 12.8 Å². The van der Waals surface area contributed by atoms with Crippen LogP contribution in [0.4, 0.5) is 96.6 Å². The Hall–Kier alpha value is -1.43. The van der Waals surface area contributed by atoms with E-state index in [0.29, 0.717) is 0 Å². The Morgan fingerprint density at radius 2 is 0.634 bits per heavy atom. The topological polar surface area (TPSA) is 55.8 Å². The Morgan fingerprint density at radius 3 is 0.829 bits per heavy atom. The number of hydrogen-bond acceptors (Lipinski definition) is 3. The molecule has 0 aliphatic heterocycles. The van der Waals surface area contributed by atoms with Gasteiger partial charge in [-0.2, -0.15) is 96.6 Å². The molecule has 0 aromatic carbocycles. The monoisotopic (exact) mass is 690 g/mol. The van der Waals surface area contributed by atoms with E-state index in [4.69, 9.17) is 4.89 Å². The third-order valence-corrected chi connectivity index (χ3v) is 5.57. The molecule has 0 aliphatic carbocycles. The molecule has 41 heavy (non-hydrogen) atoms. The molecule has 27 heteroatoms. The first-order chi connectivity index (χ1) is 17.4. The standard InChI is InChI=1S/C14H9F22O4P/c15-5(16,7(19,20)9(23,24)11(27,28)13(31,32)33)1-3-39-41(37,38)40-4-2-6(17,18)8(21,22)10(25,26)12(29,30)14(34,35)36/h1-4H2,(H,37,38). The van der Waals surface area contributed by atoms with Gasteiger partial charge in [-0.15, -0.1) is 0 Å². The molecule has 0 amide bonds. The Bertz CT molecular complexity index is 881. The van der Waals surface area contributed by atoms with E-state index in [2.05, 4.69) is 9.05 Å². The van der Waals surface area contributed by atoms with Crippen LogP contribution in [0, 0.1) is 0 Å². The zero-order chi connectivity index (χ0) is 33.7.